The second-order valence-electron chi connectivity index (χ2n) is 6.09. The third-order valence-corrected chi connectivity index (χ3v) is 4.63. The molecule has 0 saturated heterocycles. The van der Waals surface area contributed by atoms with E-state index in [-0.39, 0.29) is 6.79 Å². The van der Waals surface area contributed by atoms with Gasteiger partial charge in [0.15, 0.2) is 11.5 Å². The zero-order valence-corrected chi connectivity index (χ0v) is 15.9. The molecule has 3 aromatic carbocycles. The third-order valence-electron chi connectivity index (χ3n) is 4.16. The maximum atomic E-state index is 6.18. The van der Waals surface area contributed by atoms with Gasteiger partial charge in [-0.05, 0) is 48.0 Å². The van der Waals surface area contributed by atoms with Crippen LogP contribution in [0.5, 0.6) is 17.2 Å². The van der Waals surface area contributed by atoms with Gasteiger partial charge in [-0.25, -0.2) is 0 Å². The van der Waals surface area contributed by atoms with Crippen LogP contribution >= 0.6 is 23.2 Å². The van der Waals surface area contributed by atoms with Crippen LogP contribution in [0.15, 0.2) is 60.7 Å². The van der Waals surface area contributed by atoms with Crippen LogP contribution in [-0.2, 0) is 13.2 Å². The van der Waals surface area contributed by atoms with Crippen molar-refractivity contribution in [2.45, 2.75) is 13.2 Å². The van der Waals surface area contributed by atoms with E-state index in [4.69, 9.17) is 37.4 Å². The van der Waals surface area contributed by atoms with Crippen LogP contribution < -0.4 is 19.5 Å². The minimum absolute atomic E-state index is 0.259. The number of hydrogen-bond acceptors (Lipinski definition) is 4. The lowest BCUT2D eigenvalue weighted by molar-refractivity contribution is 0.174. The Morgan fingerprint density at radius 2 is 1.74 bits per heavy atom. The number of ether oxygens (including phenoxy) is 3. The lowest BCUT2D eigenvalue weighted by atomic mass is 10.2. The van der Waals surface area contributed by atoms with E-state index in [9.17, 15) is 0 Å². The molecule has 0 saturated carbocycles. The summed E-state index contributed by atoms with van der Waals surface area (Å²) >= 11 is 12.2. The summed E-state index contributed by atoms with van der Waals surface area (Å²) in [6.45, 7) is 1.25. The third kappa shape index (κ3) is 4.41. The van der Waals surface area contributed by atoms with Crippen LogP contribution in [0.4, 0.5) is 5.69 Å². The maximum absolute atomic E-state index is 6.18. The monoisotopic (exact) mass is 401 g/mol. The Hall–Kier alpha value is -2.56. The molecule has 0 atom stereocenters. The quantitative estimate of drug-likeness (QED) is 0.556. The molecule has 1 heterocycles. The van der Waals surface area contributed by atoms with Crippen molar-refractivity contribution in [1.82, 2.24) is 0 Å². The summed E-state index contributed by atoms with van der Waals surface area (Å²) in [5.74, 6) is 2.27. The molecule has 0 unspecified atom stereocenters. The van der Waals surface area contributed by atoms with Gasteiger partial charge in [0.05, 0.1) is 0 Å². The summed E-state index contributed by atoms with van der Waals surface area (Å²) in [4.78, 5) is 0. The lowest BCUT2D eigenvalue weighted by Crippen LogP contribution is -2.04. The number of anilines is 1. The van der Waals surface area contributed by atoms with Crippen LogP contribution in [0, 0.1) is 0 Å². The van der Waals surface area contributed by atoms with E-state index in [0.29, 0.717) is 23.2 Å². The molecule has 0 fully saturated rings. The first-order valence-electron chi connectivity index (χ1n) is 8.46. The molecular formula is C21H17Cl2NO3. The van der Waals surface area contributed by atoms with Crippen molar-refractivity contribution in [3.8, 4) is 17.2 Å². The van der Waals surface area contributed by atoms with E-state index in [2.05, 4.69) is 5.32 Å². The minimum Gasteiger partial charge on any atom is -0.489 e. The molecule has 1 aliphatic rings. The fraction of sp³-hybridized carbons (Fsp3) is 0.143. The molecule has 0 radical (unpaired) electrons. The smallest absolute Gasteiger partial charge is 0.231 e. The summed E-state index contributed by atoms with van der Waals surface area (Å²) in [6.07, 6.45) is 0. The number of nitrogens with one attached hydrogen (secondary N) is 1. The van der Waals surface area contributed by atoms with Gasteiger partial charge in [0.1, 0.15) is 12.4 Å². The molecule has 6 heteroatoms. The van der Waals surface area contributed by atoms with Gasteiger partial charge in [-0.3, -0.25) is 0 Å². The molecule has 0 bridgehead atoms. The number of fused-ring (bicyclic) bond motifs is 1. The zero-order chi connectivity index (χ0) is 18.6. The number of rotatable bonds is 6. The van der Waals surface area contributed by atoms with E-state index in [1.54, 1.807) is 0 Å². The van der Waals surface area contributed by atoms with Gasteiger partial charge in [-0.2, -0.15) is 0 Å². The van der Waals surface area contributed by atoms with Crippen molar-refractivity contribution >= 4 is 28.9 Å². The Bertz CT molecular complexity index is 962. The van der Waals surface area contributed by atoms with Crippen molar-refractivity contribution in [3.05, 3.63) is 81.8 Å². The van der Waals surface area contributed by atoms with Crippen molar-refractivity contribution in [2.75, 3.05) is 12.1 Å². The summed E-state index contributed by atoms with van der Waals surface area (Å²) in [5.41, 5.74) is 2.90. The highest BCUT2D eigenvalue weighted by atomic mass is 35.5. The molecular weight excluding hydrogens is 385 g/mol. The van der Waals surface area contributed by atoms with Gasteiger partial charge >= 0.3 is 0 Å². The molecule has 1 aliphatic heterocycles. The summed E-state index contributed by atoms with van der Waals surface area (Å²) in [5, 5.41) is 4.72. The second kappa shape index (κ2) is 7.99. The average molecular weight is 402 g/mol. The molecule has 3 aromatic rings. The van der Waals surface area contributed by atoms with Crippen molar-refractivity contribution < 1.29 is 14.2 Å². The molecule has 0 amide bonds. The predicted molar refractivity (Wildman–Crippen MR) is 107 cm³/mol. The largest absolute Gasteiger partial charge is 0.489 e. The van der Waals surface area contributed by atoms with Crippen molar-refractivity contribution in [1.29, 1.82) is 0 Å². The Kier molecular flexibility index (Phi) is 5.28. The fourth-order valence-corrected chi connectivity index (χ4v) is 3.23. The van der Waals surface area contributed by atoms with Gasteiger partial charge in [-0.15, -0.1) is 0 Å². The predicted octanol–water partition coefficient (Wildman–Crippen LogP) is 5.91. The highest BCUT2D eigenvalue weighted by molar-refractivity contribution is 6.30. The fourth-order valence-electron chi connectivity index (χ4n) is 2.82. The lowest BCUT2D eigenvalue weighted by Gasteiger charge is -2.14. The van der Waals surface area contributed by atoms with Gasteiger partial charge in [-0.1, -0.05) is 35.3 Å². The number of hydrogen-bond donors (Lipinski definition) is 1. The van der Waals surface area contributed by atoms with Gasteiger partial charge in [0, 0.05) is 33.9 Å². The Morgan fingerprint density at radius 3 is 2.63 bits per heavy atom. The van der Waals surface area contributed by atoms with E-state index >= 15 is 0 Å². The summed E-state index contributed by atoms with van der Waals surface area (Å²) in [6, 6.07) is 19.0. The molecule has 27 heavy (non-hydrogen) atoms. The average Bonchev–Trinajstić information content (AvgIpc) is 3.13. The van der Waals surface area contributed by atoms with E-state index in [0.717, 1.165) is 34.1 Å². The standard InChI is InChI=1S/C21H17Cl2NO3/c22-16-3-1-2-14(8-16)12-25-19-6-4-17(23)9-15(19)11-24-18-5-7-20-21(10-18)27-13-26-20/h1-10,24H,11-13H2. The summed E-state index contributed by atoms with van der Waals surface area (Å²) in [7, 11) is 0. The molecule has 4 rings (SSSR count). The minimum atomic E-state index is 0.259. The van der Waals surface area contributed by atoms with E-state index in [1.807, 2.05) is 60.7 Å². The van der Waals surface area contributed by atoms with Crippen LogP contribution in [-0.4, -0.2) is 6.79 Å². The topological polar surface area (TPSA) is 39.7 Å². The number of benzene rings is 3. The van der Waals surface area contributed by atoms with Gasteiger partial charge in [0.2, 0.25) is 6.79 Å². The molecule has 1 N–H and O–H groups in total. The highest BCUT2D eigenvalue weighted by Gasteiger charge is 2.13. The van der Waals surface area contributed by atoms with Crippen LogP contribution in [0.3, 0.4) is 0 Å². The molecule has 0 aromatic heterocycles. The Labute approximate surface area is 167 Å². The number of halogens is 2. The van der Waals surface area contributed by atoms with Crippen LogP contribution in [0.2, 0.25) is 10.0 Å². The van der Waals surface area contributed by atoms with Gasteiger partial charge in [0.25, 0.3) is 0 Å². The second-order valence-corrected chi connectivity index (χ2v) is 6.97. The molecule has 4 nitrogen and oxygen atoms in total. The molecule has 0 spiro atoms. The van der Waals surface area contributed by atoms with Gasteiger partial charge < -0.3 is 19.5 Å². The van der Waals surface area contributed by atoms with E-state index in [1.165, 1.54) is 0 Å². The molecule has 138 valence electrons. The normalized spacial score (nSPS) is 12.1. The van der Waals surface area contributed by atoms with Crippen molar-refractivity contribution in [3.63, 3.8) is 0 Å². The highest BCUT2D eigenvalue weighted by Crippen LogP contribution is 2.34. The maximum Gasteiger partial charge on any atom is 0.231 e. The first-order valence-corrected chi connectivity index (χ1v) is 9.22. The first-order chi connectivity index (χ1) is 13.2. The first kappa shape index (κ1) is 17.8. The SMILES string of the molecule is Clc1cccc(COc2ccc(Cl)cc2CNc2ccc3c(c2)OCO3)c1. The zero-order valence-electron chi connectivity index (χ0n) is 14.4. The summed E-state index contributed by atoms with van der Waals surface area (Å²) < 4.78 is 16.7. The van der Waals surface area contributed by atoms with Crippen molar-refractivity contribution in [2.24, 2.45) is 0 Å². The van der Waals surface area contributed by atoms with E-state index < -0.39 is 0 Å². The Morgan fingerprint density at radius 1 is 0.889 bits per heavy atom. The Balaban J connectivity index is 1.46. The van der Waals surface area contributed by atoms with Crippen LogP contribution in [0.1, 0.15) is 11.1 Å². The van der Waals surface area contributed by atoms with Crippen LogP contribution in [0.25, 0.3) is 0 Å². The molecule has 0 aliphatic carbocycles.